The Kier molecular flexibility index (Phi) is 2.55. The van der Waals surface area contributed by atoms with Gasteiger partial charge in [-0.25, -0.2) is 4.79 Å². The maximum absolute atomic E-state index is 11.5. The summed E-state index contributed by atoms with van der Waals surface area (Å²) >= 11 is 0. The first-order valence-corrected chi connectivity index (χ1v) is 4.86. The van der Waals surface area contributed by atoms with E-state index >= 15 is 0 Å². The standard InChI is InChI=1S/C10H13N3O2/c11-9-3-4-13(10(15)12-9)8-2-1-7(5-8)6-14/h3-5,8,14H,1-2,6H2,(H2,11,12,15)/t8-/m1/s1. The Morgan fingerprint density at radius 1 is 1.67 bits per heavy atom. The molecule has 15 heavy (non-hydrogen) atoms. The first-order valence-electron chi connectivity index (χ1n) is 4.86. The van der Waals surface area contributed by atoms with Gasteiger partial charge in [0.05, 0.1) is 12.6 Å². The molecule has 0 fully saturated rings. The van der Waals surface area contributed by atoms with Gasteiger partial charge in [-0.2, -0.15) is 4.98 Å². The van der Waals surface area contributed by atoms with Crippen molar-refractivity contribution in [3.63, 3.8) is 0 Å². The fourth-order valence-corrected chi connectivity index (χ4v) is 1.80. The first-order chi connectivity index (χ1) is 7.20. The second kappa shape index (κ2) is 3.86. The van der Waals surface area contributed by atoms with Gasteiger partial charge in [-0.3, -0.25) is 4.57 Å². The summed E-state index contributed by atoms with van der Waals surface area (Å²) in [4.78, 5) is 15.2. The lowest BCUT2D eigenvalue weighted by molar-refractivity contribution is 0.328. The third-order valence-electron chi connectivity index (χ3n) is 2.60. The van der Waals surface area contributed by atoms with Crippen molar-refractivity contribution < 1.29 is 5.11 Å². The Labute approximate surface area is 86.9 Å². The van der Waals surface area contributed by atoms with Gasteiger partial charge in [0.2, 0.25) is 0 Å². The van der Waals surface area contributed by atoms with Crippen LogP contribution in [-0.4, -0.2) is 21.3 Å². The summed E-state index contributed by atoms with van der Waals surface area (Å²) in [6.45, 7) is 0.0631. The predicted molar refractivity (Wildman–Crippen MR) is 56.3 cm³/mol. The molecule has 0 bridgehead atoms. The second-order valence-corrected chi connectivity index (χ2v) is 3.63. The summed E-state index contributed by atoms with van der Waals surface area (Å²) in [5.74, 6) is 0.237. The number of rotatable bonds is 2. The van der Waals surface area contributed by atoms with Gasteiger partial charge in [-0.05, 0) is 24.5 Å². The zero-order valence-electron chi connectivity index (χ0n) is 8.26. The van der Waals surface area contributed by atoms with E-state index < -0.39 is 0 Å². The van der Waals surface area contributed by atoms with Crippen molar-refractivity contribution in [1.29, 1.82) is 0 Å². The minimum absolute atomic E-state index is 0.00718. The van der Waals surface area contributed by atoms with E-state index in [1.54, 1.807) is 16.8 Å². The highest BCUT2D eigenvalue weighted by Crippen LogP contribution is 2.26. The summed E-state index contributed by atoms with van der Waals surface area (Å²) < 4.78 is 1.54. The molecule has 0 unspecified atom stereocenters. The van der Waals surface area contributed by atoms with Crippen molar-refractivity contribution in [2.24, 2.45) is 0 Å². The summed E-state index contributed by atoms with van der Waals surface area (Å²) in [5, 5.41) is 8.95. The number of aliphatic hydroxyl groups is 1. The molecule has 2 rings (SSSR count). The molecule has 1 atom stereocenters. The second-order valence-electron chi connectivity index (χ2n) is 3.63. The molecule has 1 aliphatic carbocycles. The van der Waals surface area contributed by atoms with Crippen LogP contribution in [0, 0.1) is 0 Å². The molecule has 5 nitrogen and oxygen atoms in total. The maximum Gasteiger partial charge on any atom is 0.350 e. The van der Waals surface area contributed by atoms with Crippen molar-refractivity contribution in [3.05, 3.63) is 34.4 Å². The van der Waals surface area contributed by atoms with Crippen molar-refractivity contribution >= 4 is 5.82 Å². The predicted octanol–water partition coefficient (Wildman–Crippen LogP) is 0.0791. The Morgan fingerprint density at radius 2 is 2.47 bits per heavy atom. The molecule has 0 aromatic carbocycles. The molecule has 3 N–H and O–H groups in total. The number of nitrogens with zero attached hydrogens (tertiary/aromatic N) is 2. The molecule has 1 aromatic rings. The van der Waals surface area contributed by atoms with Crippen LogP contribution in [0.4, 0.5) is 5.82 Å². The largest absolute Gasteiger partial charge is 0.392 e. The van der Waals surface area contributed by atoms with Crippen LogP contribution in [0.5, 0.6) is 0 Å². The van der Waals surface area contributed by atoms with Gasteiger partial charge < -0.3 is 10.8 Å². The molecular formula is C10H13N3O2. The minimum atomic E-state index is -0.338. The van der Waals surface area contributed by atoms with Crippen LogP contribution in [0.3, 0.4) is 0 Å². The Bertz CT molecular complexity index is 450. The molecule has 1 aromatic heterocycles. The maximum atomic E-state index is 11.5. The topological polar surface area (TPSA) is 81.1 Å². The van der Waals surface area contributed by atoms with E-state index in [0.717, 1.165) is 18.4 Å². The number of nitrogen functional groups attached to an aromatic ring is 1. The van der Waals surface area contributed by atoms with Crippen molar-refractivity contribution in [2.75, 3.05) is 12.3 Å². The third kappa shape index (κ3) is 1.92. The zero-order valence-corrected chi connectivity index (χ0v) is 8.26. The lowest BCUT2D eigenvalue weighted by Crippen LogP contribution is -2.25. The number of allylic oxidation sites excluding steroid dienone is 1. The molecule has 0 radical (unpaired) electrons. The van der Waals surface area contributed by atoms with Gasteiger partial charge in [0.1, 0.15) is 5.82 Å². The van der Waals surface area contributed by atoms with Gasteiger partial charge in [0.25, 0.3) is 0 Å². The number of aromatic nitrogens is 2. The van der Waals surface area contributed by atoms with Crippen LogP contribution in [0.1, 0.15) is 18.9 Å². The van der Waals surface area contributed by atoms with Crippen molar-refractivity contribution in [1.82, 2.24) is 9.55 Å². The highest BCUT2D eigenvalue weighted by Gasteiger charge is 2.17. The number of aliphatic hydroxyl groups excluding tert-OH is 1. The van der Waals surface area contributed by atoms with Gasteiger partial charge in [-0.15, -0.1) is 0 Å². The molecule has 0 amide bonds. The lowest BCUT2D eigenvalue weighted by Gasteiger charge is -2.10. The molecule has 0 spiro atoms. The number of nitrogens with two attached hydrogens (primary N) is 1. The monoisotopic (exact) mass is 207 g/mol. The lowest BCUT2D eigenvalue weighted by atomic mass is 10.2. The summed E-state index contributed by atoms with van der Waals surface area (Å²) in [6.07, 6.45) is 5.23. The molecule has 0 aliphatic heterocycles. The van der Waals surface area contributed by atoms with Crippen LogP contribution >= 0.6 is 0 Å². The molecule has 5 heteroatoms. The van der Waals surface area contributed by atoms with Crippen LogP contribution < -0.4 is 11.4 Å². The van der Waals surface area contributed by atoms with E-state index in [1.165, 1.54) is 0 Å². The molecule has 0 saturated heterocycles. The van der Waals surface area contributed by atoms with E-state index in [4.69, 9.17) is 10.8 Å². The van der Waals surface area contributed by atoms with Crippen LogP contribution in [0.25, 0.3) is 0 Å². The van der Waals surface area contributed by atoms with Gasteiger partial charge in [0, 0.05) is 6.20 Å². The summed E-state index contributed by atoms with van der Waals surface area (Å²) in [7, 11) is 0. The molecule has 1 aliphatic rings. The average Bonchev–Trinajstić information content (AvgIpc) is 2.66. The molecule has 80 valence electrons. The van der Waals surface area contributed by atoms with E-state index in [1.807, 2.05) is 6.08 Å². The fourth-order valence-electron chi connectivity index (χ4n) is 1.80. The SMILES string of the molecule is Nc1ccn([C@H]2C=C(CO)CC2)c(=O)n1. The quantitative estimate of drug-likeness (QED) is 0.673. The smallest absolute Gasteiger partial charge is 0.350 e. The molecule has 1 heterocycles. The van der Waals surface area contributed by atoms with Crippen LogP contribution in [0.2, 0.25) is 0 Å². The van der Waals surface area contributed by atoms with Gasteiger partial charge in [0.15, 0.2) is 0 Å². The van der Waals surface area contributed by atoms with E-state index in [0.29, 0.717) is 0 Å². The Hall–Kier alpha value is -1.62. The number of anilines is 1. The fraction of sp³-hybridized carbons (Fsp3) is 0.400. The summed E-state index contributed by atoms with van der Waals surface area (Å²) in [5.41, 5.74) is 6.04. The highest BCUT2D eigenvalue weighted by molar-refractivity contribution is 5.24. The Balaban J connectivity index is 2.32. The minimum Gasteiger partial charge on any atom is -0.392 e. The molecule has 0 saturated carbocycles. The normalized spacial score (nSPS) is 20.3. The van der Waals surface area contributed by atoms with Crippen molar-refractivity contribution in [3.8, 4) is 0 Å². The van der Waals surface area contributed by atoms with Crippen molar-refractivity contribution in [2.45, 2.75) is 18.9 Å². The third-order valence-corrected chi connectivity index (χ3v) is 2.60. The van der Waals surface area contributed by atoms with E-state index in [9.17, 15) is 4.79 Å². The number of hydrogen-bond donors (Lipinski definition) is 2. The van der Waals surface area contributed by atoms with Crippen LogP contribution in [-0.2, 0) is 0 Å². The van der Waals surface area contributed by atoms with E-state index in [-0.39, 0.29) is 24.2 Å². The molecular weight excluding hydrogens is 194 g/mol. The van der Waals surface area contributed by atoms with E-state index in [2.05, 4.69) is 4.98 Å². The summed E-state index contributed by atoms with van der Waals surface area (Å²) in [6, 6.07) is 1.61. The zero-order chi connectivity index (χ0) is 10.8. The first kappa shape index (κ1) is 9.92. The Morgan fingerprint density at radius 3 is 3.07 bits per heavy atom. The highest BCUT2D eigenvalue weighted by atomic mass is 16.3. The van der Waals surface area contributed by atoms with Gasteiger partial charge in [-0.1, -0.05) is 6.08 Å². The average molecular weight is 207 g/mol. The van der Waals surface area contributed by atoms with Crippen LogP contribution in [0.15, 0.2) is 28.7 Å². The number of hydrogen-bond acceptors (Lipinski definition) is 4. The van der Waals surface area contributed by atoms with Gasteiger partial charge >= 0.3 is 5.69 Å².